The normalized spacial score (nSPS) is 0. The number of hydrogen-bond donors (Lipinski definition) is 0. The van der Waals surface area contributed by atoms with E-state index in [4.69, 9.17) is 0 Å². The SMILES string of the molecule is O.O.O.O.[Li+].[Li+].[Mo]. The van der Waals surface area contributed by atoms with E-state index in [0.29, 0.717) is 0 Å². The molecule has 0 spiro atoms. The molecule has 0 aliphatic carbocycles. The summed E-state index contributed by atoms with van der Waals surface area (Å²) in [5.74, 6) is 0. The van der Waals surface area contributed by atoms with Gasteiger partial charge in [-0.25, -0.2) is 0 Å². The van der Waals surface area contributed by atoms with Gasteiger partial charge in [0, 0.05) is 21.1 Å². The predicted octanol–water partition coefficient (Wildman–Crippen LogP) is -9.29. The zero-order valence-corrected chi connectivity index (χ0v) is 6.42. The molecule has 0 amide bonds. The Morgan fingerprint density at radius 2 is 0.429 bits per heavy atom. The van der Waals surface area contributed by atoms with E-state index in [1.54, 1.807) is 0 Å². The van der Waals surface area contributed by atoms with Crippen molar-refractivity contribution in [2.24, 2.45) is 0 Å². The standard InChI is InChI=1S/2Li.Mo.4H2O/h;;;4*1H2/q2*+1;;;;;. The fourth-order valence-electron chi connectivity index (χ4n) is 0. The molecule has 0 atom stereocenters. The van der Waals surface area contributed by atoms with Crippen LogP contribution in [0.5, 0.6) is 0 Å². The Morgan fingerprint density at radius 3 is 0.429 bits per heavy atom. The van der Waals surface area contributed by atoms with Gasteiger partial charge in [0.25, 0.3) is 0 Å². The Hall–Kier alpha value is 1.72. The summed E-state index contributed by atoms with van der Waals surface area (Å²) in [5.41, 5.74) is 0. The third-order valence-corrected chi connectivity index (χ3v) is 0. The van der Waals surface area contributed by atoms with Gasteiger partial charge < -0.3 is 21.9 Å². The van der Waals surface area contributed by atoms with Gasteiger partial charge in [-0.1, -0.05) is 0 Å². The average molecular weight is 182 g/mol. The maximum Gasteiger partial charge on any atom is 1.00 e. The van der Waals surface area contributed by atoms with E-state index in [-0.39, 0.29) is 80.7 Å². The topological polar surface area (TPSA) is 126 Å². The van der Waals surface area contributed by atoms with E-state index in [1.807, 2.05) is 0 Å². The molecule has 0 bridgehead atoms. The molecule has 0 unspecified atom stereocenters. The Morgan fingerprint density at radius 1 is 0.429 bits per heavy atom. The smallest absolute Gasteiger partial charge is 0.412 e. The van der Waals surface area contributed by atoms with E-state index >= 15 is 0 Å². The molecular weight excluding hydrogens is 174 g/mol. The van der Waals surface area contributed by atoms with Gasteiger partial charge >= 0.3 is 37.7 Å². The number of rotatable bonds is 0. The largest absolute Gasteiger partial charge is 1.00 e. The van der Waals surface area contributed by atoms with E-state index < -0.39 is 0 Å². The van der Waals surface area contributed by atoms with Gasteiger partial charge in [0.05, 0.1) is 0 Å². The van der Waals surface area contributed by atoms with Crippen LogP contribution in [-0.2, 0) is 21.1 Å². The van der Waals surface area contributed by atoms with Crippen LogP contribution in [0.15, 0.2) is 0 Å². The second-order valence-electron chi connectivity index (χ2n) is 0. The molecule has 7 heteroatoms. The molecule has 0 aliphatic rings. The summed E-state index contributed by atoms with van der Waals surface area (Å²) in [6.07, 6.45) is 0. The first-order chi connectivity index (χ1) is 0. The summed E-state index contributed by atoms with van der Waals surface area (Å²) in [6.45, 7) is 0. The molecule has 38 valence electrons. The van der Waals surface area contributed by atoms with Gasteiger partial charge in [0.1, 0.15) is 0 Å². The molecule has 0 rings (SSSR count). The van der Waals surface area contributed by atoms with Gasteiger partial charge in [-0.2, -0.15) is 0 Å². The van der Waals surface area contributed by atoms with Crippen LogP contribution in [0.3, 0.4) is 0 Å². The van der Waals surface area contributed by atoms with Crippen LogP contribution in [-0.4, -0.2) is 21.9 Å². The predicted molar refractivity (Wildman–Crippen MR) is 14.5 cm³/mol. The van der Waals surface area contributed by atoms with Crippen LogP contribution >= 0.6 is 0 Å². The van der Waals surface area contributed by atoms with Crippen molar-refractivity contribution in [2.75, 3.05) is 0 Å². The summed E-state index contributed by atoms with van der Waals surface area (Å²) >= 11 is 0. The average Bonchev–Trinajstić information content (AvgIpc) is 0. The minimum Gasteiger partial charge on any atom is -0.412 e. The maximum atomic E-state index is 0. The van der Waals surface area contributed by atoms with Gasteiger partial charge in [0.2, 0.25) is 0 Å². The Bertz CT molecular complexity index is 9.65. The molecule has 0 aromatic heterocycles. The molecule has 0 radical (unpaired) electrons. The minimum absolute atomic E-state index is 0. The first kappa shape index (κ1) is 175. The van der Waals surface area contributed by atoms with E-state index in [2.05, 4.69) is 0 Å². The molecular formula is H8Li2MoO4+2. The summed E-state index contributed by atoms with van der Waals surface area (Å²) in [6, 6.07) is 0. The molecule has 7 heavy (non-hydrogen) atoms. The van der Waals surface area contributed by atoms with Crippen LogP contribution in [0, 0.1) is 0 Å². The molecule has 0 fully saturated rings. The van der Waals surface area contributed by atoms with Crippen molar-refractivity contribution in [3.05, 3.63) is 0 Å². The Labute approximate surface area is 80.3 Å². The molecule has 0 aliphatic heterocycles. The molecule has 8 N–H and O–H groups in total. The second-order valence-corrected chi connectivity index (χ2v) is 0. The Kier molecular flexibility index (Phi) is 2940. The zero-order chi connectivity index (χ0) is 0. The van der Waals surface area contributed by atoms with Crippen LogP contribution in [0.1, 0.15) is 0 Å². The summed E-state index contributed by atoms with van der Waals surface area (Å²) < 4.78 is 0. The third-order valence-electron chi connectivity index (χ3n) is 0. The monoisotopic (exact) mass is 184 g/mol. The summed E-state index contributed by atoms with van der Waals surface area (Å²) in [5, 5.41) is 0. The van der Waals surface area contributed by atoms with Crippen LogP contribution in [0.2, 0.25) is 0 Å². The maximum absolute atomic E-state index is 0. The van der Waals surface area contributed by atoms with E-state index in [0.717, 1.165) is 0 Å². The van der Waals surface area contributed by atoms with Crippen molar-refractivity contribution in [2.45, 2.75) is 0 Å². The molecule has 0 aromatic rings. The Balaban J connectivity index is 0. The van der Waals surface area contributed by atoms with Crippen molar-refractivity contribution >= 4 is 0 Å². The van der Waals surface area contributed by atoms with Crippen LogP contribution in [0.4, 0.5) is 0 Å². The third kappa shape index (κ3) is 85.2. The van der Waals surface area contributed by atoms with Crippen molar-refractivity contribution in [3.8, 4) is 0 Å². The quantitative estimate of drug-likeness (QED) is 0.329. The fraction of sp³-hybridized carbons (Fsp3) is 0. The van der Waals surface area contributed by atoms with Crippen LogP contribution in [0.25, 0.3) is 0 Å². The molecule has 0 aromatic carbocycles. The van der Waals surface area contributed by atoms with Gasteiger partial charge in [0.15, 0.2) is 0 Å². The first-order valence-electron chi connectivity index (χ1n) is 0. The van der Waals surface area contributed by atoms with Crippen molar-refractivity contribution in [3.63, 3.8) is 0 Å². The summed E-state index contributed by atoms with van der Waals surface area (Å²) in [4.78, 5) is 0. The molecule has 0 saturated heterocycles. The van der Waals surface area contributed by atoms with Crippen molar-refractivity contribution in [1.82, 2.24) is 0 Å². The van der Waals surface area contributed by atoms with E-state index in [1.165, 1.54) is 0 Å². The number of hydrogen-bond acceptors (Lipinski definition) is 0. The molecule has 0 saturated carbocycles. The van der Waals surface area contributed by atoms with E-state index in [9.17, 15) is 0 Å². The second kappa shape index (κ2) is 118. The molecule has 0 heterocycles. The van der Waals surface area contributed by atoms with Crippen LogP contribution < -0.4 is 37.7 Å². The van der Waals surface area contributed by atoms with Gasteiger partial charge in [-0.15, -0.1) is 0 Å². The van der Waals surface area contributed by atoms with Gasteiger partial charge in [-0.3, -0.25) is 0 Å². The first-order valence-corrected chi connectivity index (χ1v) is 0. The summed E-state index contributed by atoms with van der Waals surface area (Å²) in [7, 11) is 0. The van der Waals surface area contributed by atoms with Gasteiger partial charge in [-0.05, 0) is 0 Å². The van der Waals surface area contributed by atoms with Crippen molar-refractivity contribution in [1.29, 1.82) is 0 Å². The fourth-order valence-corrected chi connectivity index (χ4v) is 0. The molecule has 4 nitrogen and oxygen atoms in total. The zero-order valence-electron chi connectivity index (χ0n) is 4.41. The van der Waals surface area contributed by atoms with Crippen molar-refractivity contribution < 1.29 is 80.7 Å². The minimum atomic E-state index is 0.